The SMILES string of the molecule is COc1cc(/C=C/c2n[nH]c3cc(-c4ccc(N5CCOCC5)nc4)ccc23)cc(OC)c1. The highest BCUT2D eigenvalue weighted by atomic mass is 16.5. The van der Waals surface area contributed by atoms with Crippen molar-refractivity contribution < 1.29 is 14.2 Å². The molecule has 1 N–H and O–H groups in total. The average Bonchev–Trinajstić information content (AvgIpc) is 3.30. The van der Waals surface area contributed by atoms with Gasteiger partial charge >= 0.3 is 0 Å². The minimum atomic E-state index is 0.749. The van der Waals surface area contributed by atoms with Gasteiger partial charge in [-0.1, -0.05) is 12.1 Å². The number of H-pyrrole nitrogens is 1. The number of rotatable bonds is 6. The Morgan fingerprint density at radius 2 is 1.67 bits per heavy atom. The third-order valence-corrected chi connectivity index (χ3v) is 5.82. The number of aromatic amines is 1. The van der Waals surface area contributed by atoms with Crippen LogP contribution in [0.15, 0.2) is 54.7 Å². The highest BCUT2D eigenvalue weighted by Gasteiger charge is 2.12. The van der Waals surface area contributed by atoms with E-state index in [2.05, 4.69) is 50.4 Å². The summed E-state index contributed by atoms with van der Waals surface area (Å²) in [5, 5.41) is 8.70. The van der Waals surface area contributed by atoms with Crippen LogP contribution in [0.1, 0.15) is 11.3 Å². The molecule has 1 fully saturated rings. The number of aromatic nitrogens is 3. The molecule has 168 valence electrons. The van der Waals surface area contributed by atoms with Crippen molar-refractivity contribution in [3.05, 3.63) is 66.0 Å². The van der Waals surface area contributed by atoms with Crippen molar-refractivity contribution in [3.8, 4) is 22.6 Å². The molecule has 7 heteroatoms. The number of hydrogen-bond acceptors (Lipinski definition) is 6. The zero-order chi connectivity index (χ0) is 22.6. The first-order valence-corrected chi connectivity index (χ1v) is 10.9. The lowest BCUT2D eigenvalue weighted by Crippen LogP contribution is -2.36. The molecular weight excluding hydrogens is 416 g/mol. The summed E-state index contributed by atoms with van der Waals surface area (Å²) >= 11 is 0. The van der Waals surface area contributed by atoms with Crippen LogP contribution in [0, 0.1) is 0 Å². The fourth-order valence-electron chi connectivity index (χ4n) is 3.98. The second-order valence-electron chi connectivity index (χ2n) is 7.85. The van der Waals surface area contributed by atoms with Crippen LogP contribution in [0.4, 0.5) is 5.82 Å². The zero-order valence-electron chi connectivity index (χ0n) is 18.7. The molecule has 2 aromatic heterocycles. The molecule has 0 amide bonds. The normalized spacial score (nSPS) is 14.2. The predicted octanol–water partition coefficient (Wildman–Crippen LogP) is 4.65. The molecule has 0 atom stereocenters. The minimum Gasteiger partial charge on any atom is -0.497 e. The van der Waals surface area contributed by atoms with Crippen molar-refractivity contribution in [1.29, 1.82) is 0 Å². The zero-order valence-corrected chi connectivity index (χ0v) is 18.7. The van der Waals surface area contributed by atoms with Crippen molar-refractivity contribution in [2.24, 2.45) is 0 Å². The van der Waals surface area contributed by atoms with E-state index in [4.69, 9.17) is 14.2 Å². The van der Waals surface area contributed by atoms with Crippen molar-refractivity contribution in [1.82, 2.24) is 15.2 Å². The summed E-state index contributed by atoms with van der Waals surface area (Å²) in [5.41, 5.74) is 5.00. The van der Waals surface area contributed by atoms with E-state index < -0.39 is 0 Å². The van der Waals surface area contributed by atoms with E-state index in [0.717, 1.165) is 76.9 Å². The van der Waals surface area contributed by atoms with Crippen LogP contribution in [-0.4, -0.2) is 55.7 Å². The number of nitrogens with zero attached hydrogens (tertiary/aromatic N) is 3. The first-order chi connectivity index (χ1) is 16.2. The van der Waals surface area contributed by atoms with Gasteiger partial charge in [0, 0.05) is 36.3 Å². The molecule has 0 radical (unpaired) electrons. The van der Waals surface area contributed by atoms with Gasteiger partial charge in [0.05, 0.1) is 38.6 Å². The number of anilines is 1. The van der Waals surface area contributed by atoms with Crippen LogP contribution in [0.3, 0.4) is 0 Å². The van der Waals surface area contributed by atoms with E-state index in [0.29, 0.717) is 0 Å². The molecule has 4 aromatic rings. The Labute approximate surface area is 192 Å². The smallest absolute Gasteiger partial charge is 0.128 e. The van der Waals surface area contributed by atoms with Crippen LogP contribution < -0.4 is 14.4 Å². The largest absolute Gasteiger partial charge is 0.497 e. The molecule has 3 heterocycles. The van der Waals surface area contributed by atoms with Gasteiger partial charge in [-0.3, -0.25) is 5.10 Å². The summed E-state index contributed by atoms with van der Waals surface area (Å²) in [7, 11) is 3.29. The Bertz CT molecular complexity index is 1250. The van der Waals surface area contributed by atoms with Gasteiger partial charge in [0.15, 0.2) is 0 Å². The lowest BCUT2D eigenvalue weighted by atomic mass is 10.0. The Morgan fingerprint density at radius 3 is 2.36 bits per heavy atom. The Hall–Kier alpha value is -3.84. The lowest BCUT2D eigenvalue weighted by molar-refractivity contribution is 0.122. The molecule has 2 aromatic carbocycles. The molecular formula is C26H26N4O3. The first kappa shape index (κ1) is 21.0. The molecule has 0 saturated carbocycles. The average molecular weight is 443 g/mol. The molecule has 0 unspecified atom stereocenters. The number of methoxy groups -OCH3 is 2. The molecule has 7 nitrogen and oxygen atoms in total. The summed E-state index contributed by atoms with van der Waals surface area (Å²) in [5.74, 6) is 2.49. The standard InChI is InChI=1S/C26H26N4O3/c1-31-21-13-18(14-22(16-21)32-2)3-7-24-23-6-4-19(15-25(23)29-28-24)20-5-8-26(27-17-20)30-9-11-33-12-10-30/h3-8,13-17H,9-12H2,1-2H3,(H,28,29)/b7-3+. The molecule has 1 aliphatic rings. The van der Waals surface area contributed by atoms with Crippen LogP contribution in [0.25, 0.3) is 34.2 Å². The number of ether oxygens (including phenoxy) is 3. The molecule has 0 spiro atoms. The molecule has 33 heavy (non-hydrogen) atoms. The lowest BCUT2D eigenvalue weighted by Gasteiger charge is -2.27. The third kappa shape index (κ3) is 4.54. The highest BCUT2D eigenvalue weighted by molar-refractivity contribution is 5.92. The maximum absolute atomic E-state index is 5.43. The number of benzene rings is 2. The third-order valence-electron chi connectivity index (χ3n) is 5.82. The van der Waals surface area contributed by atoms with E-state index in [-0.39, 0.29) is 0 Å². The Kier molecular flexibility index (Phi) is 5.95. The highest BCUT2D eigenvalue weighted by Crippen LogP contribution is 2.28. The molecule has 5 rings (SSSR count). The van der Waals surface area contributed by atoms with Crippen molar-refractivity contribution >= 4 is 28.9 Å². The summed E-state index contributed by atoms with van der Waals surface area (Å²) in [6, 6.07) is 16.3. The quantitative estimate of drug-likeness (QED) is 0.469. The van der Waals surface area contributed by atoms with Crippen LogP contribution >= 0.6 is 0 Å². The van der Waals surface area contributed by atoms with E-state index in [9.17, 15) is 0 Å². The van der Waals surface area contributed by atoms with E-state index in [1.807, 2.05) is 36.5 Å². The van der Waals surface area contributed by atoms with Gasteiger partial charge < -0.3 is 19.1 Å². The maximum atomic E-state index is 5.43. The second-order valence-corrected chi connectivity index (χ2v) is 7.85. The van der Waals surface area contributed by atoms with Crippen molar-refractivity contribution in [2.45, 2.75) is 0 Å². The molecule has 0 bridgehead atoms. The molecule has 0 aliphatic carbocycles. The van der Waals surface area contributed by atoms with Gasteiger partial charge in [0.25, 0.3) is 0 Å². The summed E-state index contributed by atoms with van der Waals surface area (Å²) in [6.45, 7) is 3.26. The number of hydrogen-bond donors (Lipinski definition) is 1. The number of nitrogens with one attached hydrogen (secondary N) is 1. The van der Waals surface area contributed by atoms with Gasteiger partial charge in [-0.2, -0.15) is 5.10 Å². The van der Waals surface area contributed by atoms with E-state index in [1.165, 1.54) is 0 Å². The fraction of sp³-hybridized carbons (Fsp3) is 0.231. The molecule has 1 saturated heterocycles. The second kappa shape index (κ2) is 9.34. The first-order valence-electron chi connectivity index (χ1n) is 10.9. The van der Waals surface area contributed by atoms with Gasteiger partial charge in [-0.25, -0.2) is 4.98 Å². The number of morpholine rings is 1. The maximum Gasteiger partial charge on any atom is 0.128 e. The van der Waals surface area contributed by atoms with Gasteiger partial charge in [-0.05, 0) is 53.6 Å². The van der Waals surface area contributed by atoms with E-state index in [1.54, 1.807) is 14.2 Å². The Balaban J connectivity index is 1.37. The van der Waals surface area contributed by atoms with Gasteiger partial charge in [-0.15, -0.1) is 0 Å². The monoisotopic (exact) mass is 442 g/mol. The Morgan fingerprint density at radius 1 is 0.909 bits per heavy atom. The number of pyridine rings is 1. The van der Waals surface area contributed by atoms with Crippen LogP contribution in [0.5, 0.6) is 11.5 Å². The van der Waals surface area contributed by atoms with Gasteiger partial charge in [0.1, 0.15) is 17.3 Å². The van der Waals surface area contributed by atoms with Crippen LogP contribution in [-0.2, 0) is 4.74 Å². The van der Waals surface area contributed by atoms with Crippen molar-refractivity contribution in [3.63, 3.8) is 0 Å². The summed E-state index contributed by atoms with van der Waals surface area (Å²) < 4.78 is 16.1. The fourth-order valence-corrected chi connectivity index (χ4v) is 3.98. The van der Waals surface area contributed by atoms with Crippen LogP contribution in [0.2, 0.25) is 0 Å². The summed E-state index contributed by atoms with van der Waals surface area (Å²) in [6.07, 6.45) is 5.92. The molecule has 1 aliphatic heterocycles. The number of fused-ring (bicyclic) bond motifs is 1. The summed E-state index contributed by atoms with van der Waals surface area (Å²) in [4.78, 5) is 6.92. The topological polar surface area (TPSA) is 72.5 Å². The van der Waals surface area contributed by atoms with E-state index >= 15 is 0 Å². The minimum absolute atomic E-state index is 0.749. The van der Waals surface area contributed by atoms with Crippen molar-refractivity contribution in [2.75, 3.05) is 45.4 Å². The van der Waals surface area contributed by atoms with Gasteiger partial charge in [0.2, 0.25) is 0 Å². The predicted molar refractivity (Wildman–Crippen MR) is 131 cm³/mol.